The van der Waals surface area contributed by atoms with Crippen molar-refractivity contribution in [2.24, 2.45) is 0 Å². The Bertz CT molecular complexity index is 700. The number of benzene rings is 2. The molecule has 2 rings (SSSR count). The van der Waals surface area contributed by atoms with Crippen LogP contribution in [0.3, 0.4) is 0 Å². The van der Waals surface area contributed by atoms with E-state index in [9.17, 15) is 8.42 Å². The molecule has 2 aromatic carbocycles. The minimum Gasteiger partial charge on any atom is -0.216 e. The van der Waals surface area contributed by atoms with Crippen molar-refractivity contribution in [1.29, 1.82) is 0 Å². The second kappa shape index (κ2) is 7.99. The summed E-state index contributed by atoms with van der Waals surface area (Å²) in [5.41, 5.74) is 1.08. The van der Waals surface area contributed by atoms with E-state index in [1.54, 1.807) is 0 Å². The van der Waals surface area contributed by atoms with E-state index in [2.05, 4.69) is 0 Å². The lowest BCUT2D eigenvalue weighted by Gasteiger charge is -2.35. The van der Waals surface area contributed by atoms with Crippen LogP contribution in [0.5, 0.6) is 0 Å². The first-order valence-electron chi connectivity index (χ1n) is 7.74. The summed E-state index contributed by atoms with van der Waals surface area (Å²) >= 11 is 0. The molecule has 0 heterocycles. The van der Waals surface area contributed by atoms with Gasteiger partial charge < -0.3 is 0 Å². The number of rotatable bonds is 8. The van der Waals surface area contributed by atoms with Gasteiger partial charge in [0.15, 0.2) is 0 Å². The zero-order valence-electron chi connectivity index (χ0n) is 13.6. The van der Waals surface area contributed by atoms with Crippen LogP contribution in [0.1, 0.15) is 25.3 Å². The zero-order chi connectivity index (χ0) is 16.8. The van der Waals surface area contributed by atoms with Crippen molar-refractivity contribution in [2.45, 2.75) is 30.4 Å². The zero-order valence-corrected chi connectivity index (χ0v) is 15.3. The lowest BCUT2D eigenvalue weighted by atomic mass is 10.2. The quantitative estimate of drug-likeness (QED) is 0.689. The highest BCUT2D eigenvalue weighted by molar-refractivity contribution is 8.31. The van der Waals surface area contributed by atoms with Gasteiger partial charge in [0.05, 0.1) is 5.75 Å². The first-order chi connectivity index (χ1) is 11.0. The Labute approximate surface area is 141 Å². The van der Waals surface area contributed by atoms with Gasteiger partial charge in [-0.15, -0.1) is 0 Å². The fourth-order valence-corrected chi connectivity index (χ4v) is 7.31. The molecule has 0 radical (unpaired) electrons. The molecule has 0 spiro atoms. The maximum atomic E-state index is 12.4. The van der Waals surface area contributed by atoms with Crippen LogP contribution >= 0.6 is 10.3 Å². The van der Waals surface area contributed by atoms with Crippen LogP contribution < -0.4 is 0 Å². The van der Waals surface area contributed by atoms with Gasteiger partial charge >= 0.3 is 0 Å². The Hall–Kier alpha value is -1.30. The van der Waals surface area contributed by atoms with Crippen LogP contribution in [0.2, 0.25) is 0 Å². The number of hydrogen-bond donors (Lipinski definition) is 0. The summed E-state index contributed by atoms with van der Waals surface area (Å²) in [6.07, 6.45) is 3.38. The third kappa shape index (κ3) is 5.37. The summed E-state index contributed by atoms with van der Waals surface area (Å²) in [4.78, 5) is 0.948. The highest BCUT2D eigenvalue weighted by atomic mass is 32.3. The van der Waals surface area contributed by atoms with E-state index in [-0.39, 0.29) is 5.75 Å². The molecular weight excluding hydrogens is 328 g/mol. The molecule has 2 aromatic rings. The van der Waals surface area contributed by atoms with Crippen molar-refractivity contribution < 1.29 is 12.0 Å². The van der Waals surface area contributed by atoms with Gasteiger partial charge in [-0.2, -0.15) is 8.42 Å². The van der Waals surface area contributed by atoms with Gasteiger partial charge in [-0.25, -0.2) is 3.63 Å². The molecule has 1 atom stereocenters. The fraction of sp³-hybridized carbons (Fsp3) is 0.333. The third-order valence-electron chi connectivity index (χ3n) is 3.53. The van der Waals surface area contributed by atoms with Crippen molar-refractivity contribution in [2.75, 3.05) is 12.0 Å². The lowest BCUT2D eigenvalue weighted by molar-refractivity contribution is 0.507. The lowest BCUT2D eigenvalue weighted by Crippen LogP contribution is -2.16. The standard InChI is InChI=1S/C18H24O3S2/c1-3-4-15-23(19,20)21-22(2,18-13-9-6-10-14-18)16-17-11-7-5-8-12-17/h5-14H,3-4,15-16H2,1-2H3. The smallest absolute Gasteiger partial charge is 0.216 e. The Morgan fingerprint density at radius 1 is 0.913 bits per heavy atom. The molecule has 23 heavy (non-hydrogen) atoms. The molecule has 0 bridgehead atoms. The molecule has 0 aliphatic carbocycles. The maximum absolute atomic E-state index is 12.4. The molecule has 126 valence electrons. The average molecular weight is 353 g/mol. The molecule has 0 saturated carbocycles. The molecule has 0 fully saturated rings. The fourth-order valence-electron chi connectivity index (χ4n) is 2.33. The van der Waals surface area contributed by atoms with E-state index in [1.165, 1.54) is 0 Å². The van der Waals surface area contributed by atoms with Crippen LogP contribution in [-0.4, -0.2) is 20.4 Å². The van der Waals surface area contributed by atoms with E-state index in [0.29, 0.717) is 12.2 Å². The average Bonchev–Trinajstić information content (AvgIpc) is 2.54. The Morgan fingerprint density at radius 2 is 1.48 bits per heavy atom. The summed E-state index contributed by atoms with van der Waals surface area (Å²) in [7, 11) is -5.48. The second-order valence-electron chi connectivity index (χ2n) is 5.63. The minimum atomic E-state index is -3.53. The van der Waals surface area contributed by atoms with E-state index in [0.717, 1.165) is 16.9 Å². The van der Waals surface area contributed by atoms with Crippen molar-refractivity contribution in [3.05, 3.63) is 66.2 Å². The summed E-state index contributed by atoms with van der Waals surface area (Å²) in [6.45, 7) is 1.97. The summed E-state index contributed by atoms with van der Waals surface area (Å²) < 4.78 is 30.5. The molecule has 0 saturated heterocycles. The molecule has 0 aromatic heterocycles. The van der Waals surface area contributed by atoms with Crippen molar-refractivity contribution in [3.63, 3.8) is 0 Å². The Morgan fingerprint density at radius 3 is 2.04 bits per heavy atom. The predicted molar refractivity (Wildman–Crippen MR) is 98.1 cm³/mol. The van der Waals surface area contributed by atoms with E-state index in [1.807, 2.05) is 73.8 Å². The minimum absolute atomic E-state index is 0.0771. The monoisotopic (exact) mass is 352 g/mol. The van der Waals surface area contributed by atoms with Gasteiger partial charge in [-0.05, 0) is 30.4 Å². The molecule has 0 amide bonds. The predicted octanol–water partition coefficient (Wildman–Crippen LogP) is 4.74. The maximum Gasteiger partial charge on any atom is 0.276 e. The van der Waals surface area contributed by atoms with Crippen LogP contribution in [0.4, 0.5) is 0 Å². The largest absolute Gasteiger partial charge is 0.276 e. The molecule has 1 unspecified atom stereocenters. The Kier molecular flexibility index (Phi) is 6.27. The van der Waals surface area contributed by atoms with Gasteiger partial charge in [0.25, 0.3) is 10.1 Å². The topological polar surface area (TPSA) is 43.4 Å². The Balaban J connectivity index is 2.32. The third-order valence-corrected chi connectivity index (χ3v) is 8.50. The number of unbranched alkanes of at least 4 members (excludes halogenated alkanes) is 1. The van der Waals surface area contributed by atoms with Crippen molar-refractivity contribution in [1.82, 2.24) is 0 Å². The molecular formula is C18H24O3S2. The van der Waals surface area contributed by atoms with Crippen LogP contribution in [0.25, 0.3) is 0 Å². The van der Waals surface area contributed by atoms with Gasteiger partial charge in [-0.3, -0.25) is 0 Å². The van der Waals surface area contributed by atoms with E-state index < -0.39 is 20.4 Å². The van der Waals surface area contributed by atoms with Gasteiger partial charge in [0, 0.05) is 10.6 Å². The summed E-state index contributed by atoms with van der Waals surface area (Å²) in [6, 6.07) is 19.6. The first kappa shape index (κ1) is 18.0. The van der Waals surface area contributed by atoms with Crippen LogP contribution in [0.15, 0.2) is 65.6 Å². The normalized spacial score (nSPS) is 15.7. The van der Waals surface area contributed by atoms with Gasteiger partial charge in [0.1, 0.15) is 0 Å². The van der Waals surface area contributed by atoms with Crippen molar-refractivity contribution in [3.8, 4) is 0 Å². The van der Waals surface area contributed by atoms with E-state index in [4.69, 9.17) is 3.63 Å². The van der Waals surface area contributed by atoms with Gasteiger partial charge in [0.2, 0.25) is 0 Å². The first-order valence-corrected chi connectivity index (χ1v) is 11.5. The highest BCUT2D eigenvalue weighted by Gasteiger charge is 2.29. The van der Waals surface area contributed by atoms with Crippen LogP contribution in [-0.2, 0) is 19.5 Å². The molecule has 3 nitrogen and oxygen atoms in total. The summed E-state index contributed by atoms with van der Waals surface area (Å²) in [5.74, 6) is 0.664. The van der Waals surface area contributed by atoms with Crippen molar-refractivity contribution >= 4 is 20.4 Å². The second-order valence-corrected chi connectivity index (χ2v) is 10.5. The summed E-state index contributed by atoms with van der Waals surface area (Å²) in [5, 5.41) is 0. The molecule has 0 N–H and O–H groups in total. The molecule has 0 aliphatic heterocycles. The van der Waals surface area contributed by atoms with Gasteiger partial charge in [-0.1, -0.05) is 72.2 Å². The molecule has 0 aliphatic rings. The number of hydrogen-bond acceptors (Lipinski definition) is 3. The molecule has 5 heteroatoms. The van der Waals surface area contributed by atoms with Crippen LogP contribution in [0, 0.1) is 0 Å². The van der Waals surface area contributed by atoms with E-state index >= 15 is 0 Å². The SMILES string of the molecule is CCCCS(=O)(=O)OS(C)(Cc1ccccc1)c1ccccc1. The highest BCUT2D eigenvalue weighted by Crippen LogP contribution is 2.57.